The summed E-state index contributed by atoms with van der Waals surface area (Å²) >= 11 is 6.26. The van der Waals surface area contributed by atoms with Gasteiger partial charge in [0.1, 0.15) is 18.2 Å². The van der Waals surface area contributed by atoms with Gasteiger partial charge in [-0.05, 0) is 37.2 Å². The second kappa shape index (κ2) is 10.4. The lowest BCUT2D eigenvalue weighted by atomic mass is 10.1. The zero-order chi connectivity index (χ0) is 24.2. The molecule has 0 radical (unpaired) electrons. The van der Waals surface area contributed by atoms with Crippen molar-refractivity contribution in [1.82, 2.24) is 14.7 Å². The van der Waals surface area contributed by atoms with Crippen LogP contribution in [-0.2, 0) is 7.05 Å². The molecular formula is C23H23ClF3N5O2. The molecule has 1 aromatic heterocycles. The lowest BCUT2D eigenvalue weighted by Gasteiger charge is -2.17. The Hall–Kier alpha value is -3.24. The SMILES string of the molecule is Cn1ncc(Cl)c1C1CCN(CCOc2ccc(NC(=O)Nc3cc(F)c(F)cc3F)cc2)C1. The molecule has 0 spiro atoms. The summed E-state index contributed by atoms with van der Waals surface area (Å²) in [4.78, 5) is 14.3. The Bertz CT molecular complexity index is 1150. The number of aromatic nitrogens is 2. The van der Waals surface area contributed by atoms with Crippen LogP contribution in [0, 0.1) is 17.5 Å². The molecule has 1 fully saturated rings. The highest BCUT2D eigenvalue weighted by Crippen LogP contribution is 2.31. The average molecular weight is 494 g/mol. The van der Waals surface area contributed by atoms with E-state index >= 15 is 0 Å². The smallest absolute Gasteiger partial charge is 0.323 e. The van der Waals surface area contributed by atoms with Gasteiger partial charge in [0, 0.05) is 43.9 Å². The minimum Gasteiger partial charge on any atom is -0.492 e. The summed E-state index contributed by atoms with van der Waals surface area (Å²) in [5, 5.41) is 9.54. The zero-order valence-corrected chi connectivity index (χ0v) is 19.1. The number of amides is 2. The number of rotatable bonds is 7. The number of carbonyl (C=O) groups excluding carboxylic acids is 1. The first kappa shape index (κ1) is 23.9. The molecule has 2 aromatic carbocycles. The number of nitrogens with zero attached hydrogens (tertiary/aromatic N) is 3. The molecule has 1 aliphatic rings. The quantitative estimate of drug-likeness (QED) is 0.454. The molecule has 4 rings (SSSR count). The zero-order valence-electron chi connectivity index (χ0n) is 18.3. The third kappa shape index (κ3) is 5.63. The Labute approximate surface area is 199 Å². The standard InChI is InChI=1S/C23H23ClF3N5O2/c1-31-22(17(24)12-28-31)14-6-7-32(13-14)8-9-34-16-4-2-15(3-5-16)29-23(33)30-21-11-19(26)18(25)10-20(21)27/h2-5,10-12,14H,6-9,13H2,1H3,(H2,29,30,33). The summed E-state index contributed by atoms with van der Waals surface area (Å²) in [5.41, 5.74) is 1.01. The monoisotopic (exact) mass is 493 g/mol. The molecule has 1 aliphatic heterocycles. The summed E-state index contributed by atoms with van der Waals surface area (Å²) in [5.74, 6) is -2.70. The van der Waals surface area contributed by atoms with E-state index in [1.54, 1.807) is 30.5 Å². The maximum atomic E-state index is 13.7. The van der Waals surface area contributed by atoms with E-state index in [9.17, 15) is 18.0 Å². The lowest BCUT2D eigenvalue weighted by molar-refractivity contribution is 0.236. The summed E-state index contributed by atoms with van der Waals surface area (Å²) in [7, 11) is 1.90. The summed E-state index contributed by atoms with van der Waals surface area (Å²) in [6, 6.07) is 6.77. The van der Waals surface area contributed by atoms with Crippen LogP contribution < -0.4 is 15.4 Å². The van der Waals surface area contributed by atoms with E-state index in [0.29, 0.717) is 41.1 Å². The highest BCUT2D eigenvalue weighted by atomic mass is 35.5. The fourth-order valence-electron chi connectivity index (χ4n) is 3.97. The van der Waals surface area contributed by atoms with Gasteiger partial charge in [0.05, 0.1) is 22.6 Å². The average Bonchev–Trinajstić information content (AvgIpc) is 3.38. The first-order chi connectivity index (χ1) is 16.3. The van der Waals surface area contributed by atoms with Crippen LogP contribution in [0.5, 0.6) is 5.75 Å². The molecule has 3 aromatic rings. The Morgan fingerprint density at radius 2 is 1.88 bits per heavy atom. The third-order valence-corrected chi connectivity index (χ3v) is 5.93. The van der Waals surface area contributed by atoms with Crippen LogP contribution in [-0.4, -0.2) is 47.0 Å². The number of hydrogen-bond acceptors (Lipinski definition) is 4. The summed E-state index contributed by atoms with van der Waals surface area (Å²) in [6.07, 6.45) is 2.68. The molecule has 1 atom stereocenters. The van der Waals surface area contributed by atoms with E-state index in [1.807, 2.05) is 11.7 Å². The number of urea groups is 1. The van der Waals surface area contributed by atoms with Gasteiger partial charge in [0.15, 0.2) is 11.6 Å². The van der Waals surface area contributed by atoms with Crippen LogP contribution in [0.4, 0.5) is 29.3 Å². The molecule has 2 amide bonds. The van der Waals surface area contributed by atoms with Crippen LogP contribution in [0.2, 0.25) is 5.02 Å². The van der Waals surface area contributed by atoms with Crippen molar-refractivity contribution in [3.8, 4) is 5.75 Å². The fraction of sp³-hybridized carbons (Fsp3) is 0.304. The van der Waals surface area contributed by atoms with E-state index < -0.39 is 29.2 Å². The summed E-state index contributed by atoms with van der Waals surface area (Å²) < 4.78 is 47.5. The predicted molar refractivity (Wildman–Crippen MR) is 123 cm³/mol. The van der Waals surface area contributed by atoms with Crippen molar-refractivity contribution >= 4 is 29.0 Å². The van der Waals surface area contributed by atoms with Crippen molar-refractivity contribution in [2.24, 2.45) is 7.05 Å². The minimum atomic E-state index is -1.33. The third-order valence-electron chi connectivity index (χ3n) is 5.64. The molecule has 7 nitrogen and oxygen atoms in total. The Morgan fingerprint density at radius 3 is 2.59 bits per heavy atom. The summed E-state index contributed by atoms with van der Waals surface area (Å²) in [6.45, 7) is 3.09. The Morgan fingerprint density at radius 1 is 1.15 bits per heavy atom. The van der Waals surface area contributed by atoms with Gasteiger partial charge in [0.2, 0.25) is 0 Å². The van der Waals surface area contributed by atoms with Gasteiger partial charge in [-0.25, -0.2) is 18.0 Å². The topological polar surface area (TPSA) is 71.4 Å². The lowest BCUT2D eigenvalue weighted by Crippen LogP contribution is -2.26. The van der Waals surface area contributed by atoms with Crippen molar-refractivity contribution in [3.05, 3.63) is 70.8 Å². The van der Waals surface area contributed by atoms with Crippen LogP contribution in [0.1, 0.15) is 18.0 Å². The number of carbonyl (C=O) groups is 1. The number of aryl methyl sites for hydroxylation is 1. The predicted octanol–water partition coefficient (Wildman–Crippen LogP) is 5.00. The number of hydrogen-bond donors (Lipinski definition) is 2. The van der Waals surface area contributed by atoms with Crippen molar-refractivity contribution in [3.63, 3.8) is 0 Å². The van der Waals surface area contributed by atoms with Gasteiger partial charge in [-0.2, -0.15) is 5.10 Å². The molecule has 0 bridgehead atoms. The first-order valence-electron chi connectivity index (χ1n) is 10.7. The number of likely N-dealkylation sites (tertiary alicyclic amines) is 1. The van der Waals surface area contributed by atoms with E-state index in [0.717, 1.165) is 31.7 Å². The van der Waals surface area contributed by atoms with Gasteiger partial charge in [-0.3, -0.25) is 9.58 Å². The number of benzene rings is 2. The molecular weight excluding hydrogens is 471 g/mol. The van der Waals surface area contributed by atoms with Crippen LogP contribution in [0.3, 0.4) is 0 Å². The molecule has 180 valence electrons. The number of anilines is 2. The van der Waals surface area contributed by atoms with E-state index in [2.05, 4.69) is 20.6 Å². The number of nitrogens with one attached hydrogen (secondary N) is 2. The van der Waals surface area contributed by atoms with E-state index in [1.165, 1.54) is 0 Å². The van der Waals surface area contributed by atoms with Crippen molar-refractivity contribution in [2.45, 2.75) is 12.3 Å². The van der Waals surface area contributed by atoms with Gasteiger partial charge >= 0.3 is 6.03 Å². The number of halogens is 4. The van der Waals surface area contributed by atoms with Gasteiger partial charge in [-0.1, -0.05) is 11.6 Å². The maximum Gasteiger partial charge on any atom is 0.323 e. The van der Waals surface area contributed by atoms with Gasteiger partial charge in [-0.15, -0.1) is 0 Å². The molecule has 34 heavy (non-hydrogen) atoms. The highest BCUT2D eigenvalue weighted by molar-refractivity contribution is 6.31. The second-order valence-electron chi connectivity index (χ2n) is 7.99. The van der Waals surface area contributed by atoms with E-state index in [-0.39, 0.29) is 0 Å². The number of ether oxygens (including phenoxy) is 1. The minimum absolute atomic E-state index is 0.344. The largest absolute Gasteiger partial charge is 0.492 e. The van der Waals surface area contributed by atoms with Crippen LogP contribution in [0.25, 0.3) is 0 Å². The van der Waals surface area contributed by atoms with Gasteiger partial charge < -0.3 is 15.4 Å². The normalized spacial score (nSPS) is 16.0. The fourth-order valence-corrected chi connectivity index (χ4v) is 4.29. The first-order valence-corrected chi connectivity index (χ1v) is 11.0. The molecule has 0 saturated carbocycles. The molecule has 1 unspecified atom stereocenters. The van der Waals surface area contributed by atoms with Gasteiger partial charge in [0.25, 0.3) is 0 Å². The maximum absolute atomic E-state index is 13.7. The Kier molecular flexibility index (Phi) is 7.28. The molecule has 2 N–H and O–H groups in total. The van der Waals surface area contributed by atoms with Crippen molar-refractivity contribution < 1.29 is 22.7 Å². The molecule has 2 heterocycles. The van der Waals surface area contributed by atoms with Crippen molar-refractivity contribution in [2.75, 3.05) is 36.9 Å². The molecule has 1 saturated heterocycles. The van der Waals surface area contributed by atoms with Crippen LogP contribution in [0.15, 0.2) is 42.6 Å². The van der Waals surface area contributed by atoms with E-state index in [4.69, 9.17) is 16.3 Å². The second-order valence-corrected chi connectivity index (χ2v) is 8.39. The molecule has 0 aliphatic carbocycles. The highest BCUT2D eigenvalue weighted by Gasteiger charge is 2.27. The molecule has 11 heteroatoms. The van der Waals surface area contributed by atoms with Crippen molar-refractivity contribution in [1.29, 1.82) is 0 Å². The van der Waals surface area contributed by atoms with Crippen LogP contribution >= 0.6 is 11.6 Å². The Balaban J connectivity index is 1.22.